The number of benzene rings is 2. The molecule has 0 aliphatic carbocycles. The smallest absolute Gasteiger partial charge is 0.321 e. The van der Waals surface area contributed by atoms with Gasteiger partial charge in [0.15, 0.2) is 0 Å². The van der Waals surface area contributed by atoms with Gasteiger partial charge in [-0.2, -0.15) is 0 Å². The number of carbonyl (C=O) groups excluding carboxylic acids is 2. The van der Waals surface area contributed by atoms with E-state index >= 15 is 0 Å². The van der Waals surface area contributed by atoms with Crippen LogP contribution >= 0.6 is 0 Å². The molecule has 2 rings (SSSR count). The van der Waals surface area contributed by atoms with Gasteiger partial charge in [0.1, 0.15) is 0 Å². The Morgan fingerprint density at radius 1 is 1.07 bits per heavy atom. The number of rotatable bonds is 7. The summed E-state index contributed by atoms with van der Waals surface area (Å²) in [4.78, 5) is 34.0. The number of para-hydroxylation sites is 1. The summed E-state index contributed by atoms with van der Waals surface area (Å²) in [6.45, 7) is 3.32. The fraction of sp³-hybridized carbons (Fsp3) is 0.222. The molecule has 0 spiro atoms. The van der Waals surface area contributed by atoms with Crippen molar-refractivity contribution in [2.24, 2.45) is 0 Å². The number of imide groups is 1. The lowest BCUT2D eigenvalue weighted by atomic mass is 10.2. The molecule has 0 bridgehead atoms. The lowest BCUT2D eigenvalue weighted by Crippen LogP contribution is -2.44. The second-order valence-electron chi connectivity index (χ2n) is 6.01. The van der Waals surface area contributed by atoms with Crippen molar-refractivity contribution in [1.29, 1.82) is 0 Å². The van der Waals surface area contributed by atoms with Crippen LogP contribution in [0.1, 0.15) is 13.8 Å². The quantitative estimate of drug-likeness (QED) is 0.438. The topological polar surface area (TPSA) is 125 Å². The van der Waals surface area contributed by atoms with Crippen LogP contribution in [0.15, 0.2) is 48.5 Å². The Kier molecular flexibility index (Phi) is 6.70. The second-order valence-corrected chi connectivity index (χ2v) is 6.01. The molecule has 9 heteroatoms. The number of urea groups is 1. The third kappa shape index (κ3) is 6.31. The number of amides is 3. The molecule has 0 fully saturated rings. The number of anilines is 3. The zero-order valence-electron chi connectivity index (χ0n) is 15.0. The van der Waals surface area contributed by atoms with Gasteiger partial charge in [0, 0.05) is 23.9 Å². The molecule has 0 atom stereocenters. The van der Waals surface area contributed by atoms with Crippen molar-refractivity contribution in [1.82, 2.24) is 10.6 Å². The van der Waals surface area contributed by atoms with Crippen LogP contribution in [0.4, 0.5) is 27.5 Å². The molecule has 0 saturated heterocycles. The van der Waals surface area contributed by atoms with E-state index in [0.29, 0.717) is 11.4 Å². The van der Waals surface area contributed by atoms with E-state index in [0.717, 1.165) is 5.69 Å². The van der Waals surface area contributed by atoms with Crippen molar-refractivity contribution in [3.05, 3.63) is 58.6 Å². The Hall–Kier alpha value is -3.62. The third-order valence-electron chi connectivity index (χ3n) is 3.38. The van der Waals surface area contributed by atoms with Crippen molar-refractivity contribution in [2.75, 3.05) is 17.2 Å². The number of nitro benzene ring substituents is 1. The van der Waals surface area contributed by atoms with Gasteiger partial charge in [-0.05, 0) is 32.0 Å². The Morgan fingerprint density at radius 3 is 2.41 bits per heavy atom. The number of non-ortho nitro benzene ring substituents is 1. The average molecular weight is 371 g/mol. The SMILES string of the molecule is CC(C)NC(=O)NC(=O)CNc1cc([N+](=O)[O-])ccc1Nc1ccccc1. The van der Waals surface area contributed by atoms with E-state index in [9.17, 15) is 19.7 Å². The number of carbonyl (C=O) groups is 2. The predicted molar refractivity (Wildman–Crippen MR) is 103 cm³/mol. The maximum absolute atomic E-state index is 11.9. The van der Waals surface area contributed by atoms with Crippen LogP contribution in [0.5, 0.6) is 0 Å². The predicted octanol–water partition coefficient (Wildman–Crippen LogP) is 2.98. The van der Waals surface area contributed by atoms with Crippen LogP contribution in [-0.4, -0.2) is 29.4 Å². The Morgan fingerprint density at radius 2 is 1.78 bits per heavy atom. The van der Waals surface area contributed by atoms with Gasteiger partial charge < -0.3 is 16.0 Å². The fourth-order valence-corrected chi connectivity index (χ4v) is 2.22. The third-order valence-corrected chi connectivity index (χ3v) is 3.38. The van der Waals surface area contributed by atoms with Crippen LogP contribution in [-0.2, 0) is 4.79 Å². The minimum absolute atomic E-state index is 0.107. The molecule has 0 aromatic heterocycles. The Bertz CT molecular complexity index is 824. The van der Waals surface area contributed by atoms with Crippen molar-refractivity contribution in [2.45, 2.75) is 19.9 Å². The van der Waals surface area contributed by atoms with Crippen LogP contribution in [0.25, 0.3) is 0 Å². The Labute approximate surface area is 156 Å². The highest BCUT2D eigenvalue weighted by Crippen LogP contribution is 2.29. The summed E-state index contributed by atoms with van der Waals surface area (Å²) in [5.74, 6) is -0.565. The number of hydrogen-bond donors (Lipinski definition) is 4. The molecule has 0 aliphatic heterocycles. The molecular weight excluding hydrogens is 350 g/mol. The molecule has 0 heterocycles. The van der Waals surface area contributed by atoms with E-state index in [1.807, 2.05) is 30.3 Å². The van der Waals surface area contributed by atoms with Gasteiger partial charge in [-0.3, -0.25) is 20.2 Å². The highest BCUT2D eigenvalue weighted by molar-refractivity contribution is 5.96. The van der Waals surface area contributed by atoms with Crippen molar-refractivity contribution in [3.8, 4) is 0 Å². The molecule has 2 aromatic carbocycles. The average Bonchev–Trinajstić information content (AvgIpc) is 2.60. The van der Waals surface area contributed by atoms with E-state index in [-0.39, 0.29) is 18.3 Å². The van der Waals surface area contributed by atoms with Gasteiger partial charge in [0.05, 0.1) is 22.8 Å². The van der Waals surface area contributed by atoms with Gasteiger partial charge in [-0.1, -0.05) is 18.2 Å². The lowest BCUT2D eigenvalue weighted by molar-refractivity contribution is -0.384. The molecule has 4 N–H and O–H groups in total. The van der Waals surface area contributed by atoms with E-state index in [4.69, 9.17) is 0 Å². The molecule has 0 unspecified atom stereocenters. The van der Waals surface area contributed by atoms with Gasteiger partial charge >= 0.3 is 6.03 Å². The second kappa shape index (κ2) is 9.18. The van der Waals surface area contributed by atoms with Crippen LogP contribution in [0.3, 0.4) is 0 Å². The summed E-state index contributed by atoms with van der Waals surface area (Å²) in [6.07, 6.45) is 0. The minimum atomic E-state index is -0.599. The molecule has 0 saturated carbocycles. The number of nitrogens with zero attached hydrogens (tertiary/aromatic N) is 1. The first-order chi connectivity index (χ1) is 12.8. The molecule has 27 heavy (non-hydrogen) atoms. The molecule has 0 aliphatic rings. The first-order valence-electron chi connectivity index (χ1n) is 8.30. The highest BCUT2D eigenvalue weighted by Gasteiger charge is 2.13. The molecular formula is C18H21N5O4. The van der Waals surface area contributed by atoms with Gasteiger partial charge in [-0.15, -0.1) is 0 Å². The maximum Gasteiger partial charge on any atom is 0.321 e. The van der Waals surface area contributed by atoms with E-state index in [1.165, 1.54) is 12.1 Å². The zero-order chi connectivity index (χ0) is 19.8. The van der Waals surface area contributed by atoms with Gasteiger partial charge in [-0.25, -0.2) is 4.79 Å². The van der Waals surface area contributed by atoms with Crippen LogP contribution in [0.2, 0.25) is 0 Å². The Balaban J connectivity index is 2.10. The van der Waals surface area contributed by atoms with Crippen molar-refractivity contribution in [3.63, 3.8) is 0 Å². The molecule has 2 aromatic rings. The highest BCUT2D eigenvalue weighted by atomic mass is 16.6. The summed E-state index contributed by atoms with van der Waals surface area (Å²) in [7, 11) is 0. The van der Waals surface area contributed by atoms with E-state index < -0.39 is 16.9 Å². The lowest BCUT2D eigenvalue weighted by Gasteiger charge is -2.14. The van der Waals surface area contributed by atoms with Crippen molar-refractivity contribution >= 4 is 34.7 Å². The van der Waals surface area contributed by atoms with Crippen LogP contribution in [0, 0.1) is 10.1 Å². The van der Waals surface area contributed by atoms with E-state index in [1.54, 1.807) is 19.9 Å². The molecule has 142 valence electrons. The maximum atomic E-state index is 11.9. The summed E-state index contributed by atoms with van der Waals surface area (Å²) >= 11 is 0. The minimum Gasteiger partial charge on any atom is -0.374 e. The largest absolute Gasteiger partial charge is 0.374 e. The monoisotopic (exact) mass is 371 g/mol. The summed E-state index contributed by atoms with van der Waals surface area (Å²) in [5, 5.41) is 21.7. The molecule has 0 radical (unpaired) electrons. The first-order valence-corrected chi connectivity index (χ1v) is 8.30. The number of nitro groups is 1. The summed E-state index contributed by atoms with van der Waals surface area (Å²) in [6, 6.07) is 12.8. The molecule has 3 amide bonds. The van der Waals surface area contributed by atoms with Gasteiger partial charge in [0.25, 0.3) is 5.69 Å². The summed E-state index contributed by atoms with van der Waals surface area (Å²) in [5.41, 5.74) is 1.60. The number of nitrogens with one attached hydrogen (secondary N) is 4. The molecule has 9 nitrogen and oxygen atoms in total. The van der Waals surface area contributed by atoms with Gasteiger partial charge in [0.2, 0.25) is 5.91 Å². The zero-order valence-corrected chi connectivity index (χ0v) is 15.0. The first kappa shape index (κ1) is 19.7. The summed E-state index contributed by atoms with van der Waals surface area (Å²) < 4.78 is 0. The van der Waals surface area contributed by atoms with Crippen molar-refractivity contribution < 1.29 is 14.5 Å². The van der Waals surface area contributed by atoms with Crippen LogP contribution < -0.4 is 21.3 Å². The fourth-order valence-electron chi connectivity index (χ4n) is 2.22. The standard InChI is InChI=1S/C18H21N5O4/c1-12(2)20-18(25)22-17(24)11-19-16-10-14(23(26)27)8-9-15(16)21-13-6-4-3-5-7-13/h3-10,12,19,21H,11H2,1-2H3,(H2,20,22,24,25). The van der Waals surface area contributed by atoms with E-state index in [2.05, 4.69) is 21.3 Å². The number of hydrogen-bond acceptors (Lipinski definition) is 6. The normalized spacial score (nSPS) is 10.2.